The standard InChI is InChI=1S/C22H24F2N4O2S/c1-13(2)28-20(14(3)30-17-11-9-16(23)10-12-17)26-27-22(28)31-15(4)21(29)25-19-8-6-5-7-18(19)24/h5-15H,1-4H3,(H,25,29). The van der Waals surface area contributed by atoms with E-state index in [0.29, 0.717) is 16.7 Å². The van der Waals surface area contributed by atoms with Crippen LogP contribution in [0.25, 0.3) is 0 Å². The predicted molar refractivity (Wildman–Crippen MR) is 116 cm³/mol. The number of hydrogen-bond donors (Lipinski definition) is 1. The highest BCUT2D eigenvalue weighted by atomic mass is 32.2. The molecule has 0 fully saturated rings. The third-order valence-electron chi connectivity index (χ3n) is 4.48. The second-order valence-electron chi connectivity index (χ2n) is 7.25. The largest absolute Gasteiger partial charge is 0.483 e. The molecule has 2 aromatic carbocycles. The van der Waals surface area contributed by atoms with Crippen molar-refractivity contribution in [2.45, 2.75) is 50.2 Å². The molecule has 1 heterocycles. The van der Waals surface area contributed by atoms with Crippen LogP contribution < -0.4 is 10.1 Å². The summed E-state index contributed by atoms with van der Waals surface area (Å²) in [5.74, 6) is -0.0766. The third-order valence-corrected chi connectivity index (χ3v) is 5.54. The number of ether oxygens (including phenoxy) is 1. The number of anilines is 1. The molecule has 0 saturated heterocycles. The molecule has 3 rings (SSSR count). The van der Waals surface area contributed by atoms with Gasteiger partial charge in [-0.2, -0.15) is 0 Å². The van der Waals surface area contributed by atoms with E-state index in [1.807, 2.05) is 25.3 Å². The zero-order valence-electron chi connectivity index (χ0n) is 17.7. The number of nitrogens with zero attached hydrogens (tertiary/aromatic N) is 3. The van der Waals surface area contributed by atoms with Crippen LogP contribution in [0.2, 0.25) is 0 Å². The fourth-order valence-corrected chi connectivity index (χ4v) is 3.90. The first-order chi connectivity index (χ1) is 14.8. The fourth-order valence-electron chi connectivity index (χ4n) is 2.91. The second-order valence-corrected chi connectivity index (χ2v) is 8.56. The Morgan fingerprint density at radius 2 is 1.71 bits per heavy atom. The summed E-state index contributed by atoms with van der Waals surface area (Å²) in [5, 5.41) is 11.1. The molecule has 0 saturated carbocycles. The van der Waals surface area contributed by atoms with Crippen molar-refractivity contribution in [3.63, 3.8) is 0 Å². The molecule has 0 bridgehead atoms. The summed E-state index contributed by atoms with van der Waals surface area (Å²) in [4.78, 5) is 12.5. The molecule has 3 aromatic rings. The molecular weight excluding hydrogens is 422 g/mol. The van der Waals surface area contributed by atoms with Gasteiger partial charge in [0.15, 0.2) is 17.1 Å². The van der Waals surface area contributed by atoms with Gasteiger partial charge in [0.05, 0.1) is 10.9 Å². The summed E-state index contributed by atoms with van der Waals surface area (Å²) in [7, 11) is 0. The lowest BCUT2D eigenvalue weighted by Gasteiger charge is -2.19. The highest BCUT2D eigenvalue weighted by Gasteiger charge is 2.25. The van der Waals surface area contributed by atoms with Gasteiger partial charge >= 0.3 is 0 Å². The fraction of sp³-hybridized carbons (Fsp3) is 0.318. The molecule has 164 valence electrons. The molecule has 9 heteroatoms. The molecule has 2 atom stereocenters. The summed E-state index contributed by atoms with van der Waals surface area (Å²) in [6.07, 6.45) is -0.447. The van der Waals surface area contributed by atoms with Crippen LogP contribution >= 0.6 is 11.8 Å². The van der Waals surface area contributed by atoms with Crippen LogP contribution in [0, 0.1) is 11.6 Å². The van der Waals surface area contributed by atoms with Gasteiger partial charge in [-0.05, 0) is 64.1 Å². The summed E-state index contributed by atoms with van der Waals surface area (Å²) in [6.45, 7) is 7.50. The molecule has 0 aliphatic rings. The number of benzene rings is 2. The monoisotopic (exact) mass is 446 g/mol. The molecule has 0 radical (unpaired) electrons. The van der Waals surface area contributed by atoms with Gasteiger partial charge < -0.3 is 14.6 Å². The first kappa shape index (κ1) is 22.7. The topological polar surface area (TPSA) is 69.0 Å². The molecule has 0 aliphatic carbocycles. The Labute approximate surface area is 184 Å². The normalized spacial score (nSPS) is 13.1. The maximum atomic E-state index is 13.8. The van der Waals surface area contributed by atoms with E-state index in [9.17, 15) is 13.6 Å². The molecule has 0 spiro atoms. The number of halogens is 2. The minimum Gasteiger partial charge on any atom is -0.483 e. The van der Waals surface area contributed by atoms with Crippen LogP contribution in [-0.2, 0) is 4.79 Å². The lowest BCUT2D eigenvalue weighted by atomic mass is 10.3. The van der Waals surface area contributed by atoms with Gasteiger partial charge in [-0.15, -0.1) is 10.2 Å². The number of rotatable bonds is 8. The number of hydrogen-bond acceptors (Lipinski definition) is 5. The third kappa shape index (κ3) is 5.61. The van der Waals surface area contributed by atoms with Crippen LogP contribution in [0.4, 0.5) is 14.5 Å². The number of para-hydroxylation sites is 1. The number of thioether (sulfide) groups is 1. The summed E-state index contributed by atoms with van der Waals surface area (Å²) in [6, 6.07) is 11.8. The van der Waals surface area contributed by atoms with Gasteiger partial charge in [0.25, 0.3) is 0 Å². The van der Waals surface area contributed by atoms with Crippen LogP contribution in [0.15, 0.2) is 53.7 Å². The van der Waals surface area contributed by atoms with Gasteiger partial charge in [-0.1, -0.05) is 23.9 Å². The van der Waals surface area contributed by atoms with Crippen LogP contribution in [0.1, 0.15) is 45.7 Å². The highest BCUT2D eigenvalue weighted by molar-refractivity contribution is 8.00. The average molecular weight is 447 g/mol. The zero-order chi connectivity index (χ0) is 22.5. The number of nitrogens with one attached hydrogen (secondary N) is 1. The predicted octanol–water partition coefficient (Wildman–Crippen LogP) is 5.40. The van der Waals surface area contributed by atoms with Crippen molar-refractivity contribution in [3.05, 3.63) is 66.0 Å². The molecule has 31 heavy (non-hydrogen) atoms. The maximum Gasteiger partial charge on any atom is 0.237 e. The lowest BCUT2D eigenvalue weighted by molar-refractivity contribution is -0.115. The SMILES string of the molecule is CC(Sc1nnc(C(C)Oc2ccc(F)cc2)n1C(C)C)C(=O)Nc1ccccc1F. The molecule has 1 N–H and O–H groups in total. The Bertz CT molecular complexity index is 1040. The van der Waals surface area contributed by atoms with Gasteiger partial charge in [-0.3, -0.25) is 4.79 Å². The molecule has 6 nitrogen and oxygen atoms in total. The van der Waals surface area contributed by atoms with Gasteiger partial charge in [0.2, 0.25) is 5.91 Å². The number of carbonyl (C=O) groups excluding carboxylic acids is 1. The number of amides is 1. The van der Waals surface area contributed by atoms with Crippen LogP contribution in [0.5, 0.6) is 5.75 Å². The van der Waals surface area contributed by atoms with E-state index in [1.54, 1.807) is 31.2 Å². The van der Waals surface area contributed by atoms with Gasteiger partial charge in [0, 0.05) is 6.04 Å². The van der Waals surface area contributed by atoms with E-state index in [-0.39, 0.29) is 23.5 Å². The number of aromatic nitrogens is 3. The van der Waals surface area contributed by atoms with E-state index in [2.05, 4.69) is 15.5 Å². The maximum absolute atomic E-state index is 13.8. The zero-order valence-corrected chi connectivity index (χ0v) is 18.5. The first-order valence-corrected chi connectivity index (χ1v) is 10.7. The molecule has 0 aliphatic heterocycles. The quantitative estimate of drug-likeness (QED) is 0.470. The van der Waals surface area contributed by atoms with Crippen molar-refractivity contribution in [2.24, 2.45) is 0 Å². The Balaban J connectivity index is 1.74. The lowest BCUT2D eigenvalue weighted by Crippen LogP contribution is -2.24. The minimum absolute atomic E-state index is 0.00796. The van der Waals surface area contributed by atoms with Crippen molar-refractivity contribution < 1.29 is 18.3 Å². The smallest absolute Gasteiger partial charge is 0.237 e. The van der Waals surface area contributed by atoms with Crippen molar-refractivity contribution in [3.8, 4) is 5.75 Å². The molecule has 1 aromatic heterocycles. The molecule has 2 unspecified atom stereocenters. The van der Waals surface area contributed by atoms with E-state index in [4.69, 9.17) is 4.74 Å². The van der Waals surface area contributed by atoms with Crippen molar-refractivity contribution in [1.29, 1.82) is 0 Å². The second kappa shape index (κ2) is 9.91. The van der Waals surface area contributed by atoms with Crippen LogP contribution in [0.3, 0.4) is 0 Å². The van der Waals surface area contributed by atoms with Crippen molar-refractivity contribution in [2.75, 3.05) is 5.32 Å². The van der Waals surface area contributed by atoms with E-state index in [0.717, 1.165) is 0 Å². The van der Waals surface area contributed by atoms with Crippen molar-refractivity contribution in [1.82, 2.24) is 14.8 Å². The number of carbonyl (C=O) groups is 1. The highest BCUT2D eigenvalue weighted by Crippen LogP contribution is 2.30. The Morgan fingerprint density at radius 3 is 2.35 bits per heavy atom. The Kier molecular flexibility index (Phi) is 7.27. The van der Waals surface area contributed by atoms with Gasteiger partial charge in [0.1, 0.15) is 17.4 Å². The minimum atomic E-state index is -0.539. The Morgan fingerprint density at radius 1 is 1.03 bits per heavy atom. The molecular formula is C22H24F2N4O2S. The summed E-state index contributed by atoms with van der Waals surface area (Å²) < 4.78 is 34.7. The molecule has 1 amide bonds. The van der Waals surface area contributed by atoms with E-state index < -0.39 is 17.2 Å². The Hall–Kier alpha value is -2.94. The van der Waals surface area contributed by atoms with Gasteiger partial charge in [-0.25, -0.2) is 8.78 Å². The summed E-state index contributed by atoms with van der Waals surface area (Å²) >= 11 is 1.23. The van der Waals surface area contributed by atoms with E-state index in [1.165, 1.54) is 36.0 Å². The first-order valence-electron chi connectivity index (χ1n) is 9.85. The summed E-state index contributed by atoms with van der Waals surface area (Å²) in [5.41, 5.74) is 0.132. The van der Waals surface area contributed by atoms with Crippen molar-refractivity contribution >= 4 is 23.4 Å². The average Bonchev–Trinajstić information content (AvgIpc) is 3.15. The van der Waals surface area contributed by atoms with E-state index >= 15 is 0 Å². The van der Waals surface area contributed by atoms with Crippen LogP contribution in [-0.4, -0.2) is 25.9 Å².